The molecule has 0 spiro atoms. The predicted octanol–water partition coefficient (Wildman–Crippen LogP) is 1.80. The van der Waals surface area contributed by atoms with Crippen LogP contribution in [0, 0.1) is 0 Å². The van der Waals surface area contributed by atoms with E-state index in [1.54, 1.807) is 24.3 Å². The second-order valence-electron chi connectivity index (χ2n) is 4.77. The Hall–Kier alpha value is -3.02. The van der Waals surface area contributed by atoms with Crippen LogP contribution in [0.15, 0.2) is 60.7 Å². The number of rotatable bonds is 9. The molecule has 6 nitrogen and oxygen atoms in total. The summed E-state index contributed by atoms with van der Waals surface area (Å²) >= 11 is 0. The molecule has 6 heteroatoms. The zero-order chi connectivity index (χ0) is 17.0. The third-order valence-electron chi connectivity index (χ3n) is 2.90. The van der Waals surface area contributed by atoms with Gasteiger partial charge in [-0.1, -0.05) is 36.4 Å². The lowest BCUT2D eigenvalue weighted by molar-refractivity contribution is -0.150. The second-order valence-corrected chi connectivity index (χ2v) is 4.77. The van der Waals surface area contributed by atoms with Crippen molar-refractivity contribution in [3.05, 3.63) is 60.7 Å². The first-order chi connectivity index (χ1) is 11.7. The van der Waals surface area contributed by atoms with Gasteiger partial charge >= 0.3 is 5.97 Å². The predicted molar refractivity (Wildman–Crippen MR) is 87.8 cm³/mol. The molecule has 0 saturated carbocycles. The Balaban J connectivity index is 1.53. The first kappa shape index (κ1) is 17.3. The van der Waals surface area contributed by atoms with Gasteiger partial charge in [-0.2, -0.15) is 0 Å². The quantitative estimate of drug-likeness (QED) is 0.561. The van der Waals surface area contributed by atoms with Gasteiger partial charge in [0.1, 0.15) is 18.1 Å². The molecule has 24 heavy (non-hydrogen) atoms. The van der Waals surface area contributed by atoms with Crippen molar-refractivity contribution in [2.75, 3.05) is 26.4 Å². The number of para-hydroxylation sites is 2. The fourth-order valence-corrected chi connectivity index (χ4v) is 1.77. The lowest BCUT2D eigenvalue weighted by atomic mass is 10.3. The molecule has 0 radical (unpaired) electrons. The summed E-state index contributed by atoms with van der Waals surface area (Å²) in [4.78, 5) is 23.0. The summed E-state index contributed by atoms with van der Waals surface area (Å²) in [7, 11) is 0. The fraction of sp³-hybridized carbons (Fsp3) is 0.222. The highest BCUT2D eigenvalue weighted by molar-refractivity contribution is 5.80. The first-order valence-corrected chi connectivity index (χ1v) is 7.52. The van der Waals surface area contributed by atoms with E-state index in [0.717, 1.165) is 5.75 Å². The minimum absolute atomic E-state index is 0.242. The van der Waals surface area contributed by atoms with Gasteiger partial charge < -0.3 is 19.5 Å². The van der Waals surface area contributed by atoms with Gasteiger partial charge in [0.25, 0.3) is 5.91 Å². The van der Waals surface area contributed by atoms with E-state index in [9.17, 15) is 9.59 Å². The molecule has 0 bridgehead atoms. The molecule has 1 N–H and O–H groups in total. The van der Waals surface area contributed by atoms with Crippen molar-refractivity contribution in [1.29, 1.82) is 0 Å². The standard InChI is InChI=1S/C18H19NO5/c20-17(19-11-12-22-15-7-3-1-4-8-15)13-24-18(21)14-23-16-9-5-2-6-10-16/h1-10H,11-14H2,(H,19,20). The highest BCUT2D eigenvalue weighted by atomic mass is 16.6. The number of carbonyl (C=O) groups is 2. The third-order valence-corrected chi connectivity index (χ3v) is 2.90. The van der Waals surface area contributed by atoms with E-state index in [4.69, 9.17) is 14.2 Å². The molecular formula is C18H19NO5. The van der Waals surface area contributed by atoms with Crippen molar-refractivity contribution in [3.63, 3.8) is 0 Å². The topological polar surface area (TPSA) is 73.9 Å². The second kappa shape index (κ2) is 9.89. The average Bonchev–Trinajstić information content (AvgIpc) is 2.63. The number of benzene rings is 2. The summed E-state index contributed by atoms with van der Waals surface area (Å²) in [5.74, 6) is 0.308. The fourth-order valence-electron chi connectivity index (χ4n) is 1.77. The summed E-state index contributed by atoms with van der Waals surface area (Å²) in [6.07, 6.45) is 0. The van der Waals surface area contributed by atoms with E-state index in [1.165, 1.54) is 0 Å². The number of nitrogens with one attached hydrogen (secondary N) is 1. The smallest absolute Gasteiger partial charge is 0.344 e. The van der Waals surface area contributed by atoms with Crippen molar-refractivity contribution < 1.29 is 23.8 Å². The van der Waals surface area contributed by atoms with Crippen LogP contribution in [0.1, 0.15) is 0 Å². The van der Waals surface area contributed by atoms with Crippen LogP contribution in [0.25, 0.3) is 0 Å². The summed E-state index contributed by atoms with van der Waals surface area (Å²) in [6.45, 7) is 0.0728. The van der Waals surface area contributed by atoms with E-state index in [2.05, 4.69) is 5.32 Å². The summed E-state index contributed by atoms with van der Waals surface area (Å²) in [5.41, 5.74) is 0. The van der Waals surface area contributed by atoms with Crippen LogP contribution in [0.2, 0.25) is 0 Å². The normalized spacial score (nSPS) is 9.83. The number of esters is 1. The lowest BCUT2D eigenvalue weighted by Crippen LogP contribution is -2.32. The van der Waals surface area contributed by atoms with Gasteiger partial charge in [0.05, 0.1) is 6.54 Å². The van der Waals surface area contributed by atoms with Crippen LogP contribution in [0.3, 0.4) is 0 Å². The van der Waals surface area contributed by atoms with Crippen LogP contribution in [-0.2, 0) is 14.3 Å². The molecule has 0 aliphatic rings. The summed E-state index contributed by atoms with van der Waals surface area (Å²) in [6, 6.07) is 18.2. The molecule has 1 amide bonds. The van der Waals surface area contributed by atoms with Crippen molar-refractivity contribution in [2.45, 2.75) is 0 Å². The van der Waals surface area contributed by atoms with Crippen LogP contribution >= 0.6 is 0 Å². The maximum Gasteiger partial charge on any atom is 0.344 e. The summed E-state index contributed by atoms with van der Waals surface area (Å²) < 4.78 is 15.5. The minimum atomic E-state index is -0.602. The van der Waals surface area contributed by atoms with Crippen molar-refractivity contribution >= 4 is 11.9 Å². The van der Waals surface area contributed by atoms with E-state index in [1.807, 2.05) is 36.4 Å². The summed E-state index contributed by atoms with van der Waals surface area (Å²) in [5, 5.41) is 2.60. The number of hydrogen-bond acceptors (Lipinski definition) is 5. The minimum Gasteiger partial charge on any atom is -0.492 e. The van der Waals surface area contributed by atoms with E-state index < -0.39 is 5.97 Å². The highest BCUT2D eigenvalue weighted by Gasteiger charge is 2.08. The Kier molecular flexibility index (Phi) is 7.14. The molecule has 2 aromatic carbocycles. The number of carbonyl (C=O) groups excluding carboxylic acids is 2. The molecule has 0 aliphatic heterocycles. The van der Waals surface area contributed by atoms with Gasteiger partial charge in [-0.25, -0.2) is 4.79 Å². The Morgan fingerprint density at radius 3 is 2.00 bits per heavy atom. The lowest BCUT2D eigenvalue weighted by Gasteiger charge is -2.09. The Labute approximate surface area is 140 Å². The first-order valence-electron chi connectivity index (χ1n) is 7.52. The van der Waals surface area contributed by atoms with Crippen LogP contribution in [0.4, 0.5) is 0 Å². The van der Waals surface area contributed by atoms with Crippen LogP contribution in [-0.4, -0.2) is 38.2 Å². The largest absolute Gasteiger partial charge is 0.492 e. The van der Waals surface area contributed by atoms with Gasteiger partial charge in [-0.05, 0) is 24.3 Å². The molecule has 0 fully saturated rings. The molecule has 0 aliphatic carbocycles. The van der Waals surface area contributed by atoms with Crippen LogP contribution in [0.5, 0.6) is 11.5 Å². The number of ether oxygens (including phenoxy) is 3. The van der Waals surface area contributed by atoms with Gasteiger partial charge in [0, 0.05) is 0 Å². The molecule has 0 aromatic heterocycles. The number of amides is 1. The Morgan fingerprint density at radius 1 is 0.792 bits per heavy atom. The molecule has 0 atom stereocenters. The maximum absolute atomic E-state index is 11.5. The van der Waals surface area contributed by atoms with E-state index in [-0.39, 0.29) is 19.1 Å². The maximum atomic E-state index is 11.5. The number of hydrogen-bond donors (Lipinski definition) is 1. The Bertz CT molecular complexity index is 630. The van der Waals surface area contributed by atoms with Gasteiger partial charge in [0.15, 0.2) is 13.2 Å². The molecular weight excluding hydrogens is 310 g/mol. The molecule has 2 rings (SSSR count). The van der Waals surface area contributed by atoms with Crippen LogP contribution < -0.4 is 14.8 Å². The van der Waals surface area contributed by atoms with Gasteiger partial charge in [0.2, 0.25) is 0 Å². The SMILES string of the molecule is O=C(COC(=O)COc1ccccc1)NCCOc1ccccc1. The highest BCUT2D eigenvalue weighted by Crippen LogP contribution is 2.08. The molecule has 2 aromatic rings. The van der Waals surface area contributed by atoms with Crippen molar-refractivity contribution in [3.8, 4) is 11.5 Å². The van der Waals surface area contributed by atoms with Gasteiger partial charge in [-0.3, -0.25) is 4.79 Å². The van der Waals surface area contributed by atoms with Crippen molar-refractivity contribution in [1.82, 2.24) is 5.32 Å². The van der Waals surface area contributed by atoms with Crippen molar-refractivity contribution in [2.24, 2.45) is 0 Å². The van der Waals surface area contributed by atoms with E-state index >= 15 is 0 Å². The zero-order valence-corrected chi connectivity index (χ0v) is 13.1. The molecule has 0 unspecified atom stereocenters. The monoisotopic (exact) mass is 329 g/mol. The molecule has 0 saturated heterocycles. The van der Waals surface area contributed by atoms with E-state index in [0.29, 0.717) is 18.9 Å². The zero-order valence-electron chi connectivity index (χ0n) is 13.1. The molecule has 126 valence electrons. The molecule has 0 heterocycles. The average molecular weight is 329 g/mol. The Morgan fingerprint density at radius 2 is 1.38 bits per heavy atom. The van der Waals surface area contributed by atoms with Gasteiger partial charge in [-0.15, -0.1) is 0 Å². The third kappa shape index (κ3) is 6.83.